The van der Waals surface area contributed by atoms with Crippen molar-refractivity contribution in [3.8, 4) is 5.75 Å². The molecule has 33 heteroatoms. The van der Waals surface area contributed by atoms with Crippen LogP contribution in [0.2, 0.25) is 5.02 Å². The summed E-state index contributed by atoms with van der Waals surface area (Å²) in [5.41, 5.74) is 32.5. The van der Waals surface area contributed by atoms with Gasteiger partial charge in [-0.1, -0.05) is 92.2 Å². The number of nitrogens with one attached hydrogen (secondary N) is 9. The predicted octanol–water partition coefficient (Wildman–Crippen LogP) is -0.836. The number of benzene rings is 4. The third-order valence-electron chi connectivity index (χ3n) is 15.8. The van der Waals surface area contributed by atoms with Crippen LogP contribution >= 0.6 is 11.6 Å². The second kappa shape index (κ2) is 39.0. The van der Waals surface area contributed by atoms with Crippen LogP contribution in [0.1, 0.15) is 95.8 Å². The Bertz CT molecular complexity index is 3570. The van der Waals surface area contributed by atoms with E-state index in [0.29, 0.717) is 28.1 Å². The summed E-state index contributed by atoms with van der Waals surface area (Å²) in [6, 6.07) is 9.95. The number of carbonyl (C=O) groups is 12. The summed E-state index contributed by atoms with van der Waals surface area (Å²) in [5, 5.41) is 49.0. The number of carbonyl (C=O) groups excluding carboxylic acids is 12. The van der Waals surface area contributed by atoms with Gasteiger partial charge in [0.2, 0.25) is 70.9 Å². The number of azide groups is 1. The fourth-order valence-electron chi connectivity index (χ4n) is 10.7. The molecule has 0 radical (unpaired) electrons. The molecule has 0 spiro atoms. The highest BCUT2D eigenvalue weighted by atomic mass is 35.5. The average molecular weight is 1380 g/mol. The second-order valence-electron chi connectivity index (χ2n) is 24.1. The smallest absolute Gasteiger partial charge is 0.245 e. The molecule has 0 aromatic heterocycles. The lowest BCUT2D eigenvalue weighted by molar-refractivity contribution is -0.142. The number of phenols is 1. The standard InChI is InChI=1S/C65H87ClN18O14/c1-35(2)28-47(57(91)76-46(13-8-26-72-65(69)70)64(98)84-27-9-14-53(84)63(97)73-36(3)55(68)89)77-60(94)50(32-40-15-20-41-10-5-6-11-42(41)29-40)79-59(93)49(31-39-18-23-44(87)24-19-39)80-62(96)52(34-85)81-56(90)45(12-7-25-67)75-58(92)48(30-38-16-21-43(66)22-17-38)78-61(95)51(74-37(4)86)33-54(88)82-83-71/h5-6,10-11,15-24,29,35-36,45-53,85,87H,7-9,12-14,25-28,30-34,67H2,1-4H3,(H2,68,89)(H,73,97)(H,74,86)(H,75,92)(H,76,91)(H,77,94)(H,78,95)(H,79,93)(H,80,96)(H,81,90)(H4,69,70,72)/t36-,45-,46+,47+,48-,49+,50-,51-,52+,53+/m1/s1. The molecule has 32 nitrogen and oxygen atoms in total. The Labute approximate surface area is 570 Å². The van der Waals surface area contributed by atoms with Gasteiger partial charge in [0.25, 0.3) is 0 Å². The SMILES string of the molecule is CC(=O)N[C@H](CC(=O)N=[N+]=[N-])C(=O)N[C@H](Cc1ccc(Cl)cc1)C(=O)N[C@H](CCCN)C(=O)N[C@@H](CO)C(=O)N[C@@H](Cc1ccc(O)cc1)C(=O)N[C@H](Cc1ccc2ccccc2c1)C(=O)N[C@@H](CC(C)C)C(=O)N[C@@H](CCCN=C(N)N)C(=O)N1CCC[C@H]1C(=O)N[C@H](C)C(N)=O. The molecule has 0 bridgehead atoms. The molecule has 19 N–H and O–H groups in total. The summed E-state index contributed by atoms with van der Waals surface area (Å²) < 4.78 is 0. The largest absolute Gasteiger partial charge is 0.508 e. The van der Waals surface area contributed by atoms with Crippen molar-refractivity contribution in [2.75, 3.05) is 26.2 Å². The molecule has 0 saturated carbocycles. The van der Waals surface area contributed by atoms with Crippen LogP contribution in [0.5, 0.6) is 5.75 Å². The van der Waals surface area contributed by atoms with Gasteiger partial charge in [-0.05, 0) is 127 Å². The number of halogens is 1. The Morgan fingerprint density at radius 1 is 0.612 bits per heavy atom. The maximum atomic E-state index is 15.1. The number of primary amides is 1. The highest BCUT2D eigenvalue weighted by Crippen LogP contribution is 2.22. The number of fused-ring (bicyclic) bond motifs is 1. The van der Waals surface area contributed by atoms with Crippen LogP contribution in [-0.4, -0.2) is 179 Å². The lowest BCUT2D eigenvalue weighted by Crippen LogP contribution is -2.61. The number of likely N-dealkylation sites (tertiary alicyclic amines) is 1. The zero-order chi connectivity index (χ0) is 72.2. The number of hydrogen-bond donors (Lipinski definition) is 15. The number of guanidine groups is 1. The van der Waals surface area contributed by atoms with Crippen molar-refractivity contribution in [1.29, 1.82) is 0 Å². The van der Waals surface area contributed by atoms with Crippen LogP contribution in [-0.2, 0) is 76.8 Å². The van der Waals surface area contributed by atoms with E-state index in [4.69, 9.17) is 40.1 Å². The minimum absolute atomic E-state index is 0.000392. The Balaban J connectivity index is 1.46. The molecular formula is C65H87ClN18O14. The Morgan fingerprint density at radius 2 is 1.10 bits per heavy atom. The number of hydrogen-bond acceptors (Lipinski definition) is 16. The van der Waals surface area contributed by atoms with E-state index in [-0.39, 0.29) is 95.0 Å². The molecule has 4 aromatic rings. The summed E-state index contributed by atoms with van der Waals surface area (Å²) >= 11 is 6.11. The first kappa shape index (κ1) is 78.3. The summed E-state index contributed by atoms with van der Waals surface area (Å²) in [6.07, 6.45) is -0.844. The van der Waals surface area contributed by atoms with E-state index in [9.17, 15) is 58.2 Å². The molecule has 0 aliphatic carbocycles. The number of aromatic hydroxyl groups is 1. The fraction of sp³-hybridized carbons (Fsp3) is 0.462. The van der Waals surface area contributed by atoms with Crippen molar-refractivity contribution in [1.82, 2.24) is 52.8 Å². The number of amides is 12. The Kier molecular flexibility index (Phi) is 31.1. The second-order valence-corrected chi connectivity index (χ2v) is 24.5. The Hall–Kier alpha value is -10.4. The summed E-state index contributed by atoms with van der Waals surface area (Å²) in [4.78, 5) is 174. The number of nitrogens with zero attached hydrogens (tertiary/aromatic N) is 5. The minimum atomic E-state index is -1.85. The minimum Gasteiger partial charge on any atom is -0.508 e. The van der Waals surface area contributed by atoms with Gasteiger partial charge in [0.15, 0.2) is 5.96 Å². The van der Waals surface area contributed by atoms with Crippen LogP contribution in [0.15, 0.2) is 101 Å². The molecule has 10 atom stereocenters. The van der Waals surface area contributed by atoms with E-state index in [0.717, 1.165) is 17.7 Å². The first-order valence-corrected chi connectivity index (χ1v) is 32.2. The monoisotopic (exact) mass is 1380 g/mol. The third kappa shape index (κ3) is 25.3. The van der Waals surface area contributed by atoms with Gasteiger partial charge in [-0.25, -0.2) is 0 Å². The predicted molar refractivity (Wildman–Crippen MR) is 361 cm³/mol. The molecule has 1 aliphatic heterocycles. The molecule has 98 heavy (non-hydrogen) atoms. The maximum absolute atomic E-state index is 15.1. The van der Waals surface area contributed by atoms with Gasteiger partial charge < -0.3 is 85.9 Å². The van der Waals surface area contributed by atoms with Crippen molar-refractivity contribution in [2.24, 2.45) is 39.0 Å². The highest BCUT2D eigenvalue weighted by molar-refractivity contribution is 6.30. The van der Waals surface area contributed by atoms with E-state index in [1.807, 2.05) is 30.3 Å². The molecule has 1 aliphatic rings. The normalized spacial score (nSPS) is 15.3. The van der Waals surface area contributed by atoms with E-state index in [2.05, 4.69) is 62.9 Å². The highest BCUT2D eigenvalue weighted by Gasteiger charge is 2.40. The van der Waals surface area contributed by atoms with E-state index >= 15 is 9.59 Å². The average Bonchev–Trinajstić information content (AvgIpc) is 1.42. The van der Waals surface area contributed by atoms with Gasteiger partial charge in [0.1, 0.15) is 66.2 Å². The quantitative estimate of drug-likeness (QED) is 0.00654. The summed E-state index contributed by atoms with van der Waals surface area (Å²) in [5.74, 6) is -11.4. The van der Waals surface area contributed by atoms with Crippen molar-refractivity contribution in [3.05, 3.63) is 123 Å². The van der Waals surface area contributed by atoms with Gasteiger partial charge >= 0.3 is 0 Å². The van der Waals surface area contributed by atoms with Crippen LogP contribution in [0.4, 0.5) is 0 Å². The third-order valence-corrected chi connectivity index (χ3v) is 16.0. The van der Waals surface area contributed by atoms with Gasteiger partial charge in [-0.3, -0.25) is 62.5 Å². The number of nitrogens with two attached hydrogens (primary N) is 4. The van der Waals surface area contributed by atoms with Crippen LogP contribution in [0.3, 0.4) is 0 Å². The lowest BCUT2D eigenvalue weighted by Gasteiger charge is -2.31. The molecule has 12 amide bonds. The topological polar surface area (TPSA) is 522 Å². The molecule has 4 aromatic carbocycles. The first-order chi connectivity index (χ1) is 46.6. The van der Waals surface area contributed by atoms with Crippen molar-refractivity contribution in [3.63, 3.8) is 0 Å². The zero-order valence-electron chi connectivity index (χ0n) is 54.8. The summed E-state index contributed by atoms with van der Waals surface area (Å²) in [6.45, 7) is 5.13. The van der Waals surface area contributed by atoms with Gasteiger partial charge in [0, 0.05) is 55.6 Å². The number of aliphatic hydroxyl groups is 1. The molecular weight excluding hydrogens is 1290 g/mol. The van der Waals surface area contributed by atoms with E-state index in [1.165, 1.54) is 48.2 Å². The Morgan fingerprint density at radius 3 is 1.65 bits per heavy atom. The van der Waals surface area contributed by atoms with Gasteiger partial charge in [-0.15, -0.1) is 0 Å². The number of aliphatic imine (C=N–C) groups is 1. The van der Waals surface area contributed by atoms with Crippen molar-refractivity contribution >= 4 is 99.2 Å². The molecule has 1 fully saturated rings. The molecule has 1 saturated heterocycles. The molecule has 528 valence electrons. The number of rotatable bonds is 37. The van der Waals surface area contributed by atoms with E-state index in [1.54, 1.807) is 38.1 Å². The zero-order valence-corrected chi connectivity index (χ0v) is 55.6. The van der Waals surface area contributed by atoms with Crippen molar-refractivity contribution in [2.45, 2.75) is 159 Å². The van der Waals surface area contributed by atoms with Gasteiger partial charge in [0.05, 0.1) is 6.61 Å². The van der Waals surface area contributed by atoms with E-state index < -0.39 is 144 Å². The fourth-order valence-corrected chi connectivity index (χ4v) is 10.8. The lowest BCUT2D eigenvalue weighted by atomic mass is 9.98. The number of phenolic OH excluding ortho intramolecular Hbond substituents is 1. The van der Waals surface area contributed by atoms with Crippen LogP contribution in [0, 0.1) is 5.92 Å². The molecule has 5 rings (SSSR count). The summed E-state index contributed by atoms with van der Waals surface area (Å²) in [7, 11) is 0. The molecule has 1 heterocycles. The van der Waals surface area contributed by atoms with Gasteiger partial charge in [-0.2, -0.15) is 0 Å². The van der Waals surface area contributed by atoms with Crippen molar-refractivity contribution < 1.29 is 67.7 Å². The van der Waals surface area contributed by atoms with Crippen LogP contribution < -0.4 is 70.8 Å². The first-order valence-electron chi connectivity index (χ1n) is 31.8. The van der Waals surface area contributed by atoms with Crippen LogP contribution in [0.25, 0.3) is 21.2 Å². The number of aliphatic hydroxyl groups excluding tert-OH is 1. The molecule has 0 unspecified atom stereocenters. The maximum Gasteiger partial charge on any atom is 0.245 e.